The average Bonchev–Trinajstić information content (AvgIpc) is 3.47. The normalized spacial score (nSPS) is 18.5. The first-order valence-corrected chi connectivity index (χ1v) is 31.2. The number of unbranched alkanes of at least 4 members (excludes halogenated alkanes) is 22. The molecule has 1 aliphatic heterocycles. The lowest BCUT2D eigenvalue weighted by atomic mass is 9.98. The smallest absolute Gasteiger partial charge is 0.335 e. The predicted molar refractivity (Wildman–Crippen MR) is 321 cm³/mol. The molecule has 1 fully saturated rings. The summed E-state index contributed by atoms with van der Waals surface area (Å²) in [6, 6.07) is 0. The molecule has 1 aliphatic rings. The molecule has 1 saturated heterocycles. The van der Waals surface area contributed by atoms with Crippen molar-refractivity contribution in [3.8, 4) is 0 Å². The number of rotatable bonds is 52. The zero-order chi connectivity index (χ0) is 57.5. The standard InChI is InChI=1S/C67H110O12/c1-4-7-10-13-16-19-22-25-27-29-30-32-34-37-40-43-46-49-52-55-61(70)78-65-63(72)62(71)64(66(73)74)79-67(65)76-57-58(77-60(69)54-51-48-45-42-39-35-24-21-18-15-12-9-6-3)56-75-59(68)53-50-47-44-41-38-36-33-31-28-26-23-20-17-14-11-8-5-2/h8,11-12,15-17,19-21,24-28,33,36,58,62-65,67,71-72H,4-7,9-10,13-14,18,22-23,29-32,34-35,37-57H2,1-3H3,(H,73,74)/b11-8-,15-12-,19-16-,20-17-,24-21-,27-25-,28-26-,36-33-. The van der Waals surface area contributed by atoms with E-state index in [9.17, 15) is 34.5 Å². The van der Waals surface area contributed by atoms with Gasteiger partial charge in [-0.05, 0) is 116 Å². The molecule has 12 nitrogen and oxygen atoms in total. The molecule has 0 amide bonds. The summed E-state index contributed by atoms with van der Waals surface area (Å²) in [4.78, 5) is 51.2. The van der Waals surface area contributed by atoms with Crippen LogP contribution in [0.4, 0.5) is 0 Å². The van der Waals surface area contributed by atoms with Crippen LogP contribution in [0.5, 0.6) is 0 Å². The Kier molecular flexibility index (Phi) is 49.9. The topological polar surface area (TPSA) is 175 Å². The monoisotopic (exact) mass is 1110 g/mol. The van der Waals surface area contributed by atoms with E-state index >= 15 is 0 Å². The SMILES string of the molecule is CC/C=C\C/C=C\C/C=C\C/C=C\CCCCCCC(=O)OCC(COC1OC(C(=O)O)C(O)C(O)C1OC(=O)CCCCCCCCCCC/C=C\C/C=C\CCCCC)OC(=O)CCCCCCC/C=C\C/C=C\CCC. The summed E-state index contributed by atoms with van der Waals surface area (Å²) in [5.41, 5.74) is 0. The molecule has 6 atom stereocenters. The summed E-state index contributed by atoms with van der Waals surface area (Å²) in [7, 11) is 0. The largest absolute Gasteiger partial charge is 0.479 e. The van der Waals surface area contributed by atoms with Crippen molar-refractivity contribution in [2.75, 3.05) is 13.2 Å². The zero-order valence-corrected chi connectivity index (χ0v) is 49.6. The Hall–Kier alpha value is -4.36. The molecule has 0 aromatic rings. The van der Waals surface area contributed by atoms with Crippen LogP contribution in [0.1, 0.15) is 252 Å². The highest BCUT2D eigenvalue weighted by molar-refractivity contribution is 5.74. The van der Waals surface area contributed by atoms with Gasteiger partial charge < -0.3 is 39.0 Å². The maximum atomic E-state index is 13.1. The number of aliphatic hydroxyl groups excluding tert-OH is 2. The molecule has 0 spiro atoms. The Morgan fingerprint density at radius 1 is 0.430 bits per heavy atom. The van der Waals surface area contributed by atoms with Gasteiger partial charge in [-0.1, -0.05) is 214 Å². The third-order valence-corrected chi connectivity index (χ3v) is 13.6. The number of allylic oxidation sites excluding steroid dienone is 16. The van der Waals surface area contributed by atoms with Crippen molar-refractivity contribution < 1.29 is 58.2 Å². The third kappa shape index (κ3) is 44.0. The van der Waals surface area contributed by atoms with E-state index in [0.717, 1.165) is 141 Å². The Bertz CT molecular complexity index is 1740. The highest BCUT2D eigenvalue weighted by Crippen LogP contribution is 2.26. The van der Waals surface area contributed by atoms with Crippen LogP contribution in [0.25, 0.3) is 0 Å². The minimum atomic E-state index is -1.91. The van der Waals surface area contributed by atoms with Gasteiger partial charge in [0.2, 0.25) is 0 Å². The molecule has 1 heterocycles. The van der Waals surface area contributed by atoms with Crippen LogP contribution in [-0.4, -0.2) is 89.2 Å². The molecule has 3 N–H and O–H groups in total. The van der Waals surface area contributed by atoms with E-state index in [-0.39, 0.29) is 25.9 Å². The van der Waals surface area contributed by atoms with Crippen molar-refractivity contribution in [3.05, 3.63) is 97.2 Å². The van der Waals surface area contributed by atoms with E-state index in [2.05, 4.69) is 118 Å². The number of hydrogen-bond acceptors (Lipinski definition) is 11. The van der Waals surface area contributed by atoms with Crippen LogP contribution >= 0.6 is 0 Å². The van der Waals surface area contributed by atoms with Gasteiger partial charge >= 0.3 is 23.9 Å². The van der Waals surface area contributed by atoms with Gasteiger partial charge in [0.05, 0.1) is 6.61 Å². The van der Waals surface area contributed by atoms with Crippen molar-refractivity contribution >= 4 is 23.9 Å². The van der Waals surface area contributed by atoms with E-state index in [4.69, 9.17) is 23.7 Å². The lowest BCUT2D eigenvalue weighted by Gasteiger charge is -2.40. The molecular formula is C67H110O12. The molecule has 79 heavy (non-hydrogen) atoms. The average molecular weight is 1110 g/mol. The zero-order valence-electron chi connectivity index (χ0n) is 49.6. The second kappa shape index (κ2) is 54.2. The van der Waals surface area contributed by atoms with Gasteiger partial charge in [0.15, 0.2) is 24.6 Å². The maximum Gasteiger partial charge on any atom is 0.335 e. The van der Waals surface area contributed by atoms with Gasteiger partial charge in [0.25, 0.3) is 0 Å². The van der Waals surface area contributed by atoms with Crippen LogP contribution in [0.2, 0.25) is 0 Å². The van der Waals surface area contributed by atoms with Crippen LogP contribution < -0.4 is 0 Å². The molecule has 0 aromatic carbocycles. The number of carboxylic acid groups (broad SMARTS) is 1. The third-order valence-electron chi connectivity index (χ3n) is 13.6. The predicted octanol–water partition coefficient (Wildman–Crippen LogP) is 16.5. The molecule has 6 unspecified atom stereocenters. The highest BCUT2D eigenvalue weighted by atomic mass is 16.7. The van der Waals surface area contributed by atoms with E-state index in [1.54, 1.807) is 0 Å². The molecular weight excluding hydrogens is 997 g/mol. The van der Waals surface area contributed by atoms with Gasteiger partial charge in [0.1, 0.15) is 18.8 Å². The molecule has 0 aliphatic carbocycles. The quantitative estimate of drug-likeness (QED) is 0.0228. The van der Waals surface area contributed by atoms with Gasteiger partial charge in [-0.2, -0.15) is 0 Å². The molecule has 12 heteroatoms. The molecule has 0 aromatic heterocycles. The van der Waals surface area contributed by atoms with Gasteiger partial charge in [-0.15, -0.1) is 0 Å². The number of hydrogen-bond donors (Lipinski definition) is 3. The number of esters is 3. The van der Waals surface area contributed by atoms with Crippen LogP contribution in [0.3, 0.4) is 0 Å². The highest BCUT2D eigenvalue weighted by Gasteiger charge is 2.50. The van der Waals surface area contributed by atoms with Gasteiger partial charge in [-0.25, -0.2) is 4.79 Å². The number of aliphatic hydroxyl groups is 2. The fourth-order valence-corrected chi connectivity index (χ4v) is 8.84. The van der Waals surface area contributed by atoms with Crippen LogP contribution in [0, 0.1) is 0 Å². The van der Waals surface area contributed by atoms with Crippen molar-refractivity contribution in [2.45, 2.75) is 289 Å². The molecule has 0 bridgehead atoms. The number of ether oxygens (including phenoxy) is 5. The van der Waals surface area contributed by atoms with E-state index < -0.39 is 67.3 Å². The van der Waals surface area contributed by atoms with Crippen molar-refractivity contribution in [2.24, 2.45) is 0 Å². The number of carbonyl (C=O) groups excluding carboxylic acids is 3. The summed E-state index contributed by atoms with van der Waals surface area (Å²) in [6.07, 6.45) is 59.4. The van der Waals surface area contributed by atoms with E-state index in [0.29, 0.717) is 19.3 Å². The fraction of sp³-hybridized carbons (Fsp3) is 0.701. The van der Waals surface area contributed by atoms with E-state index in [1.165, 1.54) is 51.4 Å². The Morgan fingerprint density at radius 2 is 0.823 bits per heavy atom. The first kappa shape index (κ1) is 72.7. The molecule has 1 rings (SSSR count). The summed E-state index contributed by atoms with van der Waals surface area (Å²) in [5, 5.41) is 31.6. The minimum absolute atomic E-state index is 0.0477. The second-order valence-corrected chi connectivity index (χ2v) is 20.9. The van der Waals surface area contributed by atoms with Gasteiger partial charge in [-0.3, -0.25) is 14.4 Å². The van der Waals surface area contributed by atoms with Crippen LogP contribution in [0.15, 0.2) is 97.2 Å². The van der Waals surface area contributed by atoms with Crippen molar-refractivity contribution in [1.82, 2.24) is 0 Å². The minimum Gasteiger partial charge on any atom is -0.479 e. The Morgan fingerprint density at radius 3 is 1.27 bits per heavy atom. The summed E-state index contributed by atoms with van der Waals surface area (Å²) >= 11 is 0. The number of carboxylic acids is 1. The van der Waals surface area contributed by atoms with Crippen molar-refractivity contribution in [3.63, 3.8) is 0 Å². The lowest BCUT2D eigenvalue weighted by Crippen LogP contribution is -2.61. The summed E-state index contributed by atoms with van der Waals surface area (Å²) < 4.78 is 28.4. The van der Waals surface area contributed by atoms with Crippen molar-refractivity contribution in [1.29, 1.82) is 0 Å². The number of carbonyl (C=O) groups is 4. The van der Waals surface area contributed by atoms with Crippen LogP contribution in [-0.2, 0) is 42.9 Å². The first-order valence-electron chi connectivity index (χ1n) is 31.2. The fourth-order valence-electron chi connectivity index (χ4n) is 8.84. The summed E-state index contributed by atoms with van der Waals surface area (Å²) in [6.45, 7) is 5.76. The number of aliphatic carboxylic acids is 1. The summed E-state index contributed by atoms with van der Waals surface area (Å²) in [5.74, 6) is -3.18. The Labute approximate surface area is 479 Å². The van der Waals surface area contributed by atoms with E-state index in [1.807, 2.05) is 0 Å². The molecule has 450 valence electrons. The maximum absolute atomic E-state index is 13.1. The van der Waals surface area contributed by atoms with Gasteiger partial charge in [0, 0.05) is 19.3 Å². The lowest BCUT2D eigenvalue weighted by molar-refractivity contribution is -0.301. The Balaban J connectivity index is 2.68. The first-order chi connectivity index (χ1) is 38.6. The second-order valence-electron chi connectivity index (χ2n) is 20.9. The molecule has 0 radical (unpaired) electrons. The molecule has 0 saturated carbocycles.